The van der Waals surface area contributed by atoms with Gasteiger partial charge in [0.2, 0.25) is 0 Å². The molecule has 0 saturated carbocycles. The largest absolute Gasteiger partial charge is 0.459 e. The van der Waals surface area contributed by atoms with Crippen LogP contribution in [0.1, 0.15) is 74.9 Å². The van der Waals surface area contributed by atoms with Gasteiger partial charge in [-0.15, -0.1) is 0 Å². The highest BCUT2D eigenvalue weighted by atomic mass is 16.7. The molecule has 2 aromatic rings. The molecule has 0 amide bonds. The lowest BCUT2D eigenvalue weighted by Crippen LogP contribution is -2.61. The Hall–Kier alpha value is -2.95. The summed E-state index contributed by atoms with van der Waals surface area (Å²) in [6, 6.07) is 14.7. The van der Waals surface area contributed by atoms with Gasteiger partial charge >= 0.3 is 5.97 Å². The van der Waals surface area contributed by atoms with Gasteiger partial charge in [0.1, 0.15) is 6.10 Å². The number of allylic oxidation sites excluding steroid dienone is 6. The van der Waals surface area contributed by atoms with Crippen molar-refractivity contribution in [3.05, 3.63) is 95.6 Å². The molecule has 1 fully saturated rings. The van der Waals surface area contributed by atoms with Crippen molar-refractivity contribution in [3.8, 4) is 11.1 Å². The topological polar surface area (TPSA) is 38.8 Å². The second kappa shape index (κ2) is 10.6. The first-order valence-corrected chi connectivity index (χ1v) is 12.9. The summed E-state index contributed by atoms with van der Waals surface area (Å²) in [5.74, 6) is 0.0252. The van der Waals surface area contributed by atoms with Gasteiger partial charge in [-0.3, -0.25) is 0 Å². The summed E-state index contributed by atoms with van der Waals surface area (Å²) in [5, 5.41) is 2.03. The maximum atomic E-state index is 13.2. The van der Waals surface area contributed by atoms with Crippen molar-refractivity contribution in [2.24, 2.45) is 0 Å². The Kier molecular flexibility index (Phi) is 7.67. The number of esters is 1. The summed E-state index contributed by atoms with van der Waals surface area (Å²) in [4.78, 5) is 18.8. The minimum Gasteiger partial charge on any atom is -0.459 e. The number of ether oxygens (including phenoxy) is 1. The Morgan fingerprint density at radius 2 is 1.53 bits per heavy atom. The van der Waals surface area contributed by atoms with Crippen molar-refractivity contribution in [1.82, 2.24) is 5.06 Å². The van der Waals surface area contributed by atoms with Crippen molar-refractivity contribution in [2.45, 2.75) is 77.0 Å². The van der Waals surface area contributed by atoms with E-state index in [0.29, 0.717) is 5.56 Å². The Labute approximate surface area is 216 Å². The minimum absolute atomic E-state index is 0.159. The molecular weight excluding hydrogens is 446 g/mol. The van der Waals surface area contributed by atoms with Crippen LogP contribution in [0.15, 0.2) is 78.9 Å². The van der Waals surface area contributed by atoms with Gasteiger partial charge < -0.3 is 9.57 Å². The van der Waals surface area contributed by atoms with Crippen LogP contribution in [0.25, 0.3) is 11.1 Å². The van der Waals surface area contributed by atoms with E-state index in [1.807, 2.05) is 17.2 Å². The van der Waals surface area contributed by atoms with E-state index in [1.165, 1.54) is 5.56 Å². The number of carbonyl (C=O) groups is 1. The van der Waals surface area contributed by atoms with E-state index in [4.69, 9.17) is 9.57 Å². The summed E-state index contributed by atoms with van der Waals surface area (Å²) in [7, 11) is 1.71. The van der Waals surface area contributed by atoms with Crippen molar-refractivity contribution >= 4 is 5.97 Å². The van der Waals surface area contributed by atoms with Gasteiger partial charge in [-0.25, -0.2) is 4.79 Å². The third kappa shape index (κ3) is 5.55. The van der Waals surface area contributed by atoms with Crippen molar-refractivity contribution in [1.29, 1.82) is 0 Å². The van der Waals surface area contributed by atoms with Crippen LogP contribution in [0.2, 0.25) is 0 Å². The molecule has 0 N–H and O–H groups in total. The summed E-state index contributed by atoms with van der Waals surface area (Å²) < 4.78 is 6.04. The van der Waals surface area contributed by atoms with Crippen LogP contribution in [-0.4, -0.2) is 35.3 Å². The average molecular weight is 486 g/mol. The maximum absolute atomic E-state index is 13.2. The fourth-order valence-electron chi connectivity index (χ4n) is 5.93. The van der Waals surface area contributed by atoms with Gasteiger partial charge in [0, 0.05) is 29.8 Å². The molecule has 1 saturated heterocycles. The molecule has 0 radical (unpaired) electrons. The summed E-state index contributed by atoms with van der Waals surface area (Å²) >= 11 is 0. The Morgan fingerprint density at radius 3 is 2.08 bits per heavy atom. The second-order valence-corrected chi connectivity index (χ2v) is 11.1. The molecule has 0 atom stereocenters. The van der Waals surface area contributed by atoms with E-state index in [0.717, 1.165) is 36.0 Å². The number of piperidine rings is 1. The average Bonchev–Trinajstić information content (AvgIpc) is 3.12. The number of hydrogen-bond donors (Lipinski definition) is 0. The second-order valence-electron chi connectivity index (χ2n) is 11.1. The molecule has 1 aliphatic heterocycles. The fraction of sp³-hybridized carbons (Fsp3) is 0.406. The SMILES string of the molecule is CCc1cc(C(=O)OC2CC(C)(C)N(OC)C(C)(C)C2)ccc1-c1ccc(C2C=CC=CC=C2)cc1. The van der Waals surface area contributed by atoms with Gasteiger partial charge in [-0.2, -0.15) is 5.06 Å². The smallest absolute Gasteiger partial charge is 0.338 e. The quantitative estimate of drug-likeness (QED) is 0.399. The van der Waals surface area contributed by atoms with Crippen molar-refractivity contribution < 1.29 is 14.4 Å². The number of hydrogen-bond acceptors (Lipinski definition) is 4. The lowest BCUT2D eigenvalue weighted by molar-refractivity contribution is -0.276. The molecule has 4 heteroatoms. The predicted molar refractivity (Wildman–Crippen MR) is 147 cm³/mol. The Morgan fingerprint density at radius 1 is 0.917 bits per heavy atom. The first-order chi connectivity index (χ1) is 17.1. The number of aryl methyl sites for hydroxylation is 1. The maximum Gasteiger partial charge on any atom is 0.338 e. The molecule has 190 valence electrons. The first-order valence-electron chi connectivity index (χ1n) is 12.9. The Bertz CT molecular complexity index is 1140. The summed E-state index contributed by atoms with van der Waals surface area (Å²) in [5.41, 5.74) is 4.87. The molecule has 0 spiro atoms. The van der Waals surface area contributed by atoms with Crippen LogP contribution >= 0.6 is 0 Å². The molecule has 2 aromatic carbocycles. The highest BCUT2D eigenvalue weighted by molar-refractivity contribution is 5.91. The van der Waals surface area contributed by atoms with Crippen molar-refractivity contribution in [2.75, 3.05) is 7.11 Å². The Balaban J connectivity index is 1.50. The number of hydroxylamine groups is 2. The lowest BCUT2D eigenvalue weighted by Gasteiger charge is -2.52. The monoisotopic (exact) mass is 485 g/mol. The predicted octanol–water partition coefficient (Wildman–Crippen LogP) is 7.42. The third-order valence-corrected chi connectivity index (χ3v) is 7.31. The summed E-state index contributed by atoms with van der Waals surface area (Å²) in [6.07, 6.45) is 14.8. The van der Waals surface area contributed by atoms with Gasteiger partial charge in [0.15, 0.2) is 0 Å². The number of nitrogens with zero attached hydrogens (tertiary/aromatic N) is 1. The fourth-order valence-corrected chi connectivity index (χ4v) is 5.93. The van der Waals surface area contributed by atoms with Crippen LogP contribution in [0, 0.1) is 0 Å². The highest BCUT2D eigenvalue weighted by Crippen LogP contribution is 2.40. The molecule has 0 aromatic heterocycles. The number of benzene rings is 2. The van der Waals surface area contributed by atoms with Gasteiger partial charge in [0.05, 0.1) is 12.7 Å². The van der Waals surface area contributed by atoms with Gasteiger partial charge in [0.25, 0.3) is 0 Å². The van der Waals surface area contributed by atoms with Gasteiger partial charge in [-0.1, -0.05) is 73.7 Å². The van der Waals surface area contributed by atoms with Crippen LogP contribution in [-0.2, 0) is 16.0 Å². The molecule has 4 nitrogen and oxygen atoms in total. The molecule has 4 rings (SSSR count). The molecular formula is C32H39NO3. The standard InChI is InChI=1S/C32H39NO3/c1-7-23-20-27(30(34)36-28-21-31(2,3)33(35-6)32(4,5)22-28)18-19-29(23)26-16-14-25(15-17-26)24-12-10-8-9-11-13-24/h8-20,24,28H,7,21-22H2,1-6H3. The first kappa shape index (κ1) is 26.1. The van der Waals surface area contributed by atoms with Gasteiger partial charge in [-0.05, 0) is 68.5 Å². The zero-order valence-electron chi connectivity index (χ0n) is 22.5. The molecule has 1 aliphatic carbocycles. The van der Waals surface area contributed by atoms with E-state index in [1.54, 1.807) is 7.11 Å². The zero-order valence-corrected chi connectivity index (χ0v) is 22.5. The van der Waals surface area contributed by atoms with E-state index >= 15 is 0 Å². The molecule has 36 heavy (non-hydrogen) atoms. The number of carbonyl (C=O) groups excluding carboxylic acids is 1. The lowest BCUT2D eigenvalue weighted by atomic mass is 9.80. The highest BCUT2D eigenvalue weighted by Gasteiger charge is 2.47. The van der Waals surface area contributed by atoms with E-state index in [2.05, 4.69) is 101 Å². The van der Waals surface area contributed by atoms with Crippen LogP contribution in [0.3, 0.4) is 0 Å². The number of rotatable bonds is 6. The zero-order chi connectivity index (χ0) is 25.9. The van der Waals surface area contributed by atoms with E-state index < -0.39 is 0 Å². The van der Waals surface area contributed by atoms with E-state index in [-0.39, 0.29) is 29.1 Å². The van der Waals surface area contributed by atoms with Crippen molar-refractivity contribution in [3.63, 3.8) is 0 Å². The van der Waals surface area contributed by atoms with E-state index in [9.17, 15) is 4.79 Å². The molecule has 0 unspecified atom stereocenters. The van der Waals surface area contributed by atoms with Crippen LogP contribution in [0.5, 0.6) is 0 Å². The van der Waals surface area contributed by atoms with Crippen LogP contribution in [0.4, 0.5) is 0 Å². The molecule has 1 heterocycles. The summed E-state index contributed by atoms with van der Waals surface area (Å²) in [6.45, 7) is 10.7. The molecule has 2 aliphatic rings. The third-order valence-electron chi connectivity index (χ3n) is 7.31. The normalized spacial score (nSPS) is 19.8. The minimum atomic E-state index is -0.255. The molecule has 0 bridgehead atoms. The van der Waals surface area contributed by atoms with Crippen LogP contribution < -0.4 is 0 Å².